The van der Waals surface area contributed by atoms with Crippen molar-refractivity contribution in [1.29, 1.82) is 0 Å². The number of hydrogen-bond donors (Lipinski definition) is 1. The van der Waals surface area contributed by atoms with Crippen LogP contribution in [-0.4, -0.2) is 5.71 Å². The van der Waals surface area contributed by atoms with Crippen molar-refractivity contribution in [3.8, 4) is 0 Å². The molecule has 2 aliphatic rings. The third-order valence-electron chi connectivity index (χ3n) is 5.75. The third-order valence-corrected chi connectivity index (χ3v) is 5.75. The largest absolute Gasteiger partial charge is 0.283 e. The maximum absolute atomic E-state index is 4.78. The molecule has 1 aliphatic heterocycles. The highest BCUT2D eigenvalue weighted by molar-refractivity contribution is 6.04. The SMILES string of the molecule is CC.CC.CCc1ccc(C2=NNC(C)=C3CC(C)(C)CCCCCC23)cc1. The predicted molar refractivity (Wildman–Crippen MR) is 126 cm³/mol. The van der Waals surface area contributed by atoms with E-state index in [-0.39, 0.29) is 0 Å². The fourth-order valence-corrected chi connectivity index (χ4v) is 4.20. The average Bonchev–Trinajstić information content (AvgIpc) is 2.80. The van der Waals surface area contributed by atoms with Crippen molar-refractivity contribution in [2.75, 3.05) is 0 Å². The molecule has 0 saturated heterocycles. The Morgan fingerprint density at radius 2 is 1.64 bits per heavy atom. The van der Waals surface area contributed by atoms with Gasteiger partial charge in [0.1, 0.15) is 0 Å². The second kappa shape index (κ2) is 12.1. The molecule has 1 saturated carbocycles. The van der Waals surface area contributed by atoms with Gasteiger partial charge in [-0.1, -0.05) is 92.0 Å². The van der Waals surface area contributed by atoms with E-state index < -0.39 is 0 Å². The lowest BCUT2D eigenvalue weighted by molar-refractivity contribution is 0.316. The highest BCUT2D eigenvalue weighted by atomic mass is 15.3. The molecule has 2 heteroatoms. The normalized spacial score (nSPS) is 21.1. The van der Waals surface area contributed by atoms with Crippen molar-refractivity contribution in [3.05, 3.63) is 46.7 Å². The molecule has 1 unspecified atom stereocenters. The molecule has 1 atom stereocenters. The summed E-state index contributed by atoms with van der Waals surface area (Å²) in [4.78, 5) is 0. The van der Waals surface area contributed by atoms with Crippen molar-refractivity contribution in [3.63, 3.8) is 0 Å². The van der Waals surface area contributed by atoms with Gasteiger partial charge >= 0.3 is 0 Å². The minimum Gasteiger partial charge on any atom is -0.283 e. The number of aryl methyl sites for hydroxylation is 1. The van der Waals surface area contributed by atoms with Gasteiger partial charge in [0.15, 0.2) is 0 Å². The molecule has 2 nitrogen and oxygen atoms in total. The Bertz CT molecular complexity index is 635. The van der Waals surface area contributed by atoms with E-state index >= 15 is 0 Å². The lowest BCUT2D eigenvalue weighted by atomic mass is 9.75. The summed E-state index contributed by atoms with van der Waals surface area (Å²) in [6, 6.07) is 9.02. The van der Waals surface area contributed by atoms with E-state index in [0.29, 0.717) is 11.3 Å². The van der Waals surface area contributed by atoms with Crippen molar-refractivity contribution in [1.82, 2.24) is 5.43 Å². The first-order valence-electron chi connectivity index (χ1n) is 11.6. The minimum atomic E-state index is 0.384. The lowest BCUT2D eigenvalue weighted by Gasteiger charge is -2.33. The lowest BCUT2D eigenvalue weighted by Crippen LogP contribution is -2.30. The zero-order valence-corrected chi connectivity index (χ0v) is 19.8. The number of nitrogens with zero attached hydrogens (tertiary/aromatic N) is 1. The smallest absolute Gasteiger partial charge is 0.0751 e. The quantitative estimate of drug-likeness (QED) is 0.551. The van der Waals surface area contributed by atoms with Gasteiger partial charge < -0.3 is 0 Å². The zero-order chi connectivity index (χ0) is 21.2. The van der Waals surface area contributed by atoms with Gasteiger partial charge in [0.25, 0.3) is 0 Å². The van der Waals surface area contributed by atoms with Crippen LogP contribution < -0.4 is 5.43 Å². The molecule has 0 radical (unpaired) electrons. The van der Waals surface area contributed by atoms with Crippen LogP contribution in [0.5, 0.6) is 0 Å². The van der Waals surface area contributed by atoms with Crippen LogP contribution in [0.2, 0.25) is 0 Å². The molecule has 158 valence electrons. The van der Waals surface area contributed by atoms with Gasteiger partial charge in [0.2, 0.25) is 0 Å². The molecule has 1 fully saturated rings. The molecule has 0 aromatic heterocycles. The molecule has 1 aromatic carbocycles. The number of fused-ring (bicyclic) bond motifs is 1. The summed E-state index contributed by atoms with van der Waals surface area (Å²) >= 11 is 0. The number of benzene rings is 1. The van der Waals surface area contributed by atoms with Gasteiger partial charge in [-0.15, -0.1) is 0 Å². The van der Waals surface area contributed by atoms with Gasteiger partial charge in [-0.2, -0.15) is 5.10 Å². The maximum atomic E-state index is 4.78. The Balaban J connectivity index is 0.000000921. The number of allylic oxidation sites excluding steroid dienone is 2. The van der Waals surface area contributed by atoms with Crippen LogP contribution in [0.1, 0.15) is 105 Å². The van der Waals surface area contributed by atoms with Crippen molar-refractivity contribution in [2.24, 2.45) is 16.4 Å². The second-order valence-corrected chi connectivity index (χ2v) is 8.30. The molecular formula is C26H44N2. The molecule has 1 heterocycles. The van der Waals surface area contributed by atoms with Crippen LogP contribution in [0.4, 0.5) is 0 Å². The molecule has 1 aliphatic carbocycles. The zero-order valence-electron chi connectivity index (χ0n) is 19.8. The van der Waals surface area contributed by atoms with Gasteiger partial charge in [-0.3, -0.25) is 5.43 Å². The molecule has 0 amide bonds. The van der Waals surface area contributed by atoms with Gasteiger partial charge in [0.05, 0.1) is 5.71 Å². The molecule has 1 N–H and O–H groups in total. The summed E-state index contributed by atoms with van der Waals surface area (Å²) in [5, 5.41) is 4.78. The Kier molecular flexibility index (Phi) is 10.6. The van der Waals surface area contributed by atoms with E-state index in [4.69, 9.17) is 5.10 Å². The molecule has 0 spiro atoms. The van der Waals surface area contributed by atoms with E-state index in [9.17, 15) is 0 Å². The van der Waals surface area contributed by atoms with E-state index in [0.717, 1.165) is 6.42 Å². The van der Waals surface area contributed by atoms with E-state index in [2.05, 4.69) is 57.4 Å². The Morgan fingerprint density at radius 1 is 1.00 bits per heavy atom. The third kappa shape index (κ3) is 6.50. The Hall–Kier alpha value is -1.57. The van der Waals surface area contributed by atoms with E-state index in [1.165, 1.54) is 61.1 Å². The first kappa shape index (κ1) is 24.5. The summed E-state index contributed by atoms with van der Waals surface area (Å²) in [7, 11) is 0. The maximum Gasteiger partial charge on any atom is 0.0751 e. The first-order chi connectivity index (χ1) is 13.5. The number of hydrazone groups is 1. The van der Waals surface area contributed by atoms with Crippen LogP contribution >= 0.6 is 0 Å². The summed E-state index contributed by atoms with van der Waals surface area (Å²) in [5.74, 6) is 0.483. The topological polar surface area (TPSA) is 24.4 Å². The predicted octanol–water partition coefficient (Wildman–Crippen LogP) is 7.88. The van der Waals surface area contributed by atoms with Crippen LogP contribution in [0, 0.1) is 11.3 Å². The number of hydrogen-bond acceptors (Lipinski definition) is 2. The summed E-state index contributed by atoms with van der Waals surface area (Å²) < 4.78 is 0. The Labute approximate surface area is 174 Å². The molecular weight excluding hydrogens is 340 g/mol. The monoisotopic (exact) mass is 384 g/mol. The standard InChI is InChI=1S/C22H32N2.2C2H6/c1-5-17-10-12-18(13-11-17)21-19-9-7-6-8-14-22(3,4)15-20(19)16(2)23-24-21;2*1-2/h10-13,19,23H,5-9,14-15H2,1-4H3;2*1-2H3. The van der Waals surface area contributed by atoms with Crippen LogP contribution in [0.15, 0.2) is 40.6 Å². The number of nitrogens with one attached hydrogen (secondary N) is 1. The van der Waals surface area contributed by atoms with Crippen LogP contribution in [0.3, 0.4) is 0 Å². The summed E-state index contributed by atoms with van der Waals surface area (Å²) in [6.07, 6.45) is 8.85. The summed E-state index contributed by atoms with van der Waals surface area (Å²) in [5.41, 5.74) is 10.5. The average molecular weight is 385 g/mol. The second-order valence-electron chi connectivity index (χ2n) is 8.30. The van der Waals surface area contributed by atoms with Crippen molar-refractivity contribution in [2.45, 2.75) is 100 Å². The molecule has 0 bridgehead atoms. The highest BCUT2D eigenvalue weighted by Crippen LogP contribution is 2.40. The van der Waals surface area contributed by atoms with E-state index in [1.54, 1.807) is 5.57 Å². The first-order valence-corrected chi connectivity index (χ1v) is 11.6. The summed E-state index contributed by atoms with van der Waals surface area (Å²) in [6.45, 7) is 17.3. The van der Waals surface area contributed by atoms with Crippen molar-refractivity contribution < 1.29 is 0 Å². The van der Waals surface area contributed by atoms with E-state index in [1.807, 2.05) is 27.7 Å². The van der Waals surface area contributed by atoms with Gasteiger partial charge in [0, 0.05) is 11.6 Å². The number of rotatable bonds is 2. The van der Waals surface area contributed by atoms with Crippen LogP contribution in [-0.2, 0) is 6.42 Å². The van der Waals surface area contributed by atoms with Gasteiger partial charge in [-0.05, 0) is 54.7 Å². The fraction of sp³-hybridized carbons (Fsp3) is 0.654. The molecule has 1 aromatic rings. The highest BCUT2D eigenvalue weighted by Gasteiger charge is 2.32. The minimum absolute atomic E-state index is 0.384. The Morgan fingerprint density at radius 3 is 2.25 bits per heavy atom. The van der Waals surface area contributed by atoms with Gasteiger partial charge in [-0.25, -0.2) is 0 Å². The molecule has 3 rings (SSSR count). The molecule has 28 heavy (non-hydrogen) atoms. The van der Waals surface area contributed by atoms with Crippen LogP contribution in [0.25, 0.3) is 0 Å². The van der Waals surface area contributed by atoms with Crippen molar-refractivity contribution >= 4 is 5.71 Å². The fourth-order valence-electron chi connectivity index (χ4n) is 4.20.